The van der Waals surface area contributed by atoms with E-state index in [4.69, 9.17) is 16.3 Å². The number of morpholine rings is 1. The van der Waals surface area contributed by atoms with Gasteiger partial charge in [0.1, 0.15) is 6.04 Å². The van der Waals surface area contributed by atoms with Crippen molar-refractivity contribution in [3.63, 3.8) is 0 Å². The van der Waals surface area contributed by atoms with Gasteiger partial charge in [-0.15, -0.1) is 0 Å². The number of halogens is 1. The molecule has 1 heterocycles. The van der Waals surface area contributed by atoms with Gasteiger partial charge in [-0.1, -0.05) is 24.6 Å². The Balaban J connectivity index is 2.11. The second-order valence-electron chi connectivity index (χ2n) is 6.66. The molecule has 1 aliphatic rings. The van der Waals surface area contributed by atoms with Crippen molar-refractivity contribution in [1.82, 2.24) is 10.2 Å². The number of hydrogen-bond donors (Lipinski definition) is 1. The Labute approximate surface area is 166 Å². The quantitative estimate of drug-likeness (QED) is 0.695. The normalized spacial score (nSPS) is 16.7. The molecule has 0 unspecified atom stereocenters. The first-order valence-electron chi connectivity index (χ1n) is 9.07. The third-order valence-electron chi connectivity index (χ3n) is 4.57. The summed E-state index contributed by atoms with van der Waals surface area (Å²) in [4.78, 5) is 14.9. The minimum atomic E-state index is -3.66. The molecule has 0 radical (unpaired) electrons. The van der Waals surface area contributed by atoms with E-state index >= 15 is 0 Å². The number of amides is 1. The van der Waals surface area contributed by atoms with Crippen LogP contribution in [0.25, 0.3) is 0 Å². The lowest BCUT2D eigenvalue weighted by Crippen LogP contribution is -2.50. The molecule has 2 rings (SSSR count). The molecule has 1 atom stereocenters. The summed E-state index contributed by atoms with van der Waals surface area (Å²) in [5.74, 6) is -0.312. The number of carbonyl (C=O) groups excluding carboxylic acids is 1. The Morgan fingerprint density at radius 2 is 2.04 bits per heavy atom. The van der Waals surface area contributed by atoms with E-state index in [1.807, 2.05) is 6.92 Å². The number of rotatable bonds is 8. The lowest BCUT2D eigenvalue weighted by molar-refractivity contribution is -0.122. The SMILES string of the molecule is CC[C@H](C(=O)NCCN1CCOCC1)N(c1ccc(C)c(Cl)c1)S(C)(=O)=O. The van der Waals surface area contributed by atoms with E-state index in [0.29, 0.717) is 43.4 Å². The van der Waals surface area contributed by atoms with Gasteiger partial charge in [0.15, 0.2) is 0 Å². The van der Waals surface area contributed by atoms with Crippen molar-refractivity contribution < 1.29 is 17.9 Å². The van der Waals surface area contributed by atoms with Crippen LogP contribution < -0.4 is 9.62 Å². The Hall–Kier alpha value is -1.35. The highest BCUT2D eigenvalue weighted by Gasteiger charge is 2.31. The maximum Gasteiger partial charge on any atom is 0.243 e. The number of sulfonamides is 1. The standard InChI is InChI=1S/C18H28ClN3O4S/c1-4-17(18(23)20-7-8-21-9-11-26-12-10-21)22(27(3,24)25)15-6-5-14(2)16(19)13-15/h5-6,13,17H,4,7-12H2,1-3H3,(H,20,23)/t17-/m1/s1. The average Bonchev–Trinajstić information content (AvgIpc) is 2.62. The van der Waals surface area contributed by atoms with Gasteiger partial charge in [0.05, 0.1) is 25.2 Å². The van der Waals surface area contributed by atoms with Crippen LogP contribution in [0, 0.1) is 6.92 Å². The molecule has 0 saturated carbocycles. The molecule has 152 valence electrons. The summed E-state index contributed by atoms with van der Waals surface area (Å²) in [6.45, 7) is 7.87. The number of carbonyl (C=O) groups is 1. The van der Waals surface area contributed by atoms with Crippen LogP contribution in [0.3, 0.4) is 0 Å². The van der Waals surface area contributed by atoms with Gasteiger partial charge >= 0.3 is 0 Å². The molecular formula is C18H28ClN3O4S. The molecule has 1 saturated heterocycles. The summed E-state index contributed by atoms with van der Waals surface area (Å²) >= 11 is 6.17. The highest BCUT2D eigenvalue weighted by atomic mass is 35.5. The highest BCUT2D eigenvalue weighted by molar-refractivity contribution is 7.92. The Bertz CT molecular complexity index is 751. The Kier molecular flexibility index (Phi) is 7.91. The summed E-state index contributed by atoms with van der Waals surface area (Å²) in [7, 11) is -3.66. The molecule has 0 spiro atoms. The molecule has 0 bridgehead atoms. The molecule has 1 aliphatic heterocycles. The maximum atomic E-state index is 12.7. The fraction of sp³-hybridized carbons (Fsp3) is 0.611. The highest BCUT2D eigenvalue weighted by Crippen LogP contribution is 2.27. The molecule has 1 amide bonds. The first-order chi connectivity index (χ1) is 12.7. The smallest absolute Gasteiger partial charge is 0.243 e. The Morgan fingerprint density at radius 1 is 1.37 bits per heavy atom. The van der Waals surface area contributed by atoms with Gasteiger partial charge in [-0.25, -0.2) is 8.42 Å². The van der Waals surface area contributed by atoms with Crippen LogP contribution >= 0.6 is 11.6 Å². The molecule has 0 aromatic heterocycles. The largest absolute Gasteiger partial charge is 0.379 e. The van der Waals surface area contributed by atoms with Crippen molar-refractivity contribution in [1.29, 1.82) is 0 Å². The van der Waals surface area contributed by atoms with E-state index < -0.39 is 16.1 Å². The fourth-order valence-electron chi connectivity index (χ4n) is 3.06. The van der Waals surface area contributed by atoms with Gasteiger partial charge < -0.3 is 10.1 Å². The van der Waals surface area contributed by atoms with Crippen LogP contribution in [0.4, 0.5) is 5.69 Å². The predicted octanol–water partition coefficient (Wildman–Crippen LogP) is 1.64. The van der Waals surface area contributed by atoms with Crippen LogP contribution in [-0.4, -0.2) is 70.9 Å². The number of nitrogens with one attached hydrogen (secondary N) is 1. The third-order valence-corrected chi connectivity index (χ3v) is 6.16. The summed E-state index contributed by atoms with van der Waals surface area (Å²) in [5.41, 5.74) is 1.24. The van der Waals surface area contributed by atoms with Gasteiger partial charge in [-0.2, -0.15) is 0 Å². The average molecular weight is 418 g/mol. The lowest BCUT2D eigenvalue weighted by atomic mass is 10.1. The molecular weight excluding hydrogens is 390 g/mol. The maximum absolute atomic E-state index is 12.7. The van der Waals surface area contributed by atoms with Crippen LogP contribution in [0.5, 0.6) is 0 Å². The second kappa shape index (κ2) is 9.73. The zero-order valence-electron chi connectivity index (χ0n) is 16.1. The summed E-state index contributed by atoms with van der Waals surface area (Å²) in [5, 5.41) is 3.33. The second-order valence-corrected chi connectivity index (χ2v) is 8.93. The monoisotopic (exact) mass is 417 g/mol. The minimum absolute atomic E-state index is 0.312. The molecule has 9 heteroatoms. The molecule has 7 nitrogen and oxygen atoms in total. The number of benzene rings is 1. The topological polar surface area (TPSA) is 79.0 Å². The first kappa shape index (κ1) is 21.9. The van der Waals surface area contributed by atoms with E-state index in [-0.39, 0.29) is 5.91 Å². The van der Waals surface area contributed by atoms with Gasteiger partial charge in [0.25, 0.3) is 0 Å². The Morgan fingerprint density at radius 3 is 2.59 bits per heavy atom. The number of hydrogen-bond acceptors (Lipinski definition) is 5. The zero-order chi connectivity index (χ0) is 20.0. The van der Waals surface area contributed by atoms with Crippen molar-refractivity contribution >= 4 is 33.2 Å². The van der Waals surface area contributed by atoms with Gasteiger partial charge in [0, 0.05) is 31.2 Å². The zero-order valence-corrected chi connectivity index (χ0v) is 17.6. The van der Waals surface area contributed by atoms with Crippen LogP contribution in [0.2, 0.25) is 5.02 Å². The minimum Gasteiger partial charge on any atom is -0.379 e. The first-order valence-corrected chi connectivity index (χ1v) is 11.3. The molecule has 27 heavy (non-hydrogen) atoms. The van der Waals surface area contributed by atoms with Gasteiger partial charge in [-0.05, 0) is 31.0 Å². The number of nitrogens with zero attached hydrogens (tertiary/aromatic N) is 2. The number of anilines is 1. The fourth-order valence-corrected chi connectivity index (χ4v) is 4.44. The van der Waals surface area contributed by atoms with Crippen LogP contribution in [-0.2, 0) is 19.6 Å². The third kappa shape index (κ3) is 6.07. The van der Waals surface area contributed by atoms with Crippen molar-refractivity contribution in [3.05, 3.63) is 28.8 Å². The lowest BCUT2D eigenvalue weighted by Gasteiger charge is -2.31. The summed E-state index contributed by atoms with van der Waals surface area (Å²) in [6.07, 6.45) is 1.45. The molecule has 0 aliphatic carbocycles. The van der Waals surface area contributed by atoms with E-state index in [1.54, 1.807) is 25.1 Å². The van der Waals surface area contributed by atoms with Crippen molar-refractivity contribution in [2.75, 3.05) is 50.0 Å². The van der Waals surface area contributed by atoms with E-state index in [9.17, 15) is 13.2 Å². The van der Waals surface area contributed by atoms with E-state index in [1.165, 1.54) is 0 Å². The predicted molar refractivity (Wildman–Crippen MR) is 108 cm³/mol. The van der Waals surface area contributed by atoms with Gasteiger partial charge in [0.2, 0.25) is 15.9 Å². The molecule has 1 fully saturated rings. The number of ether oxygens (including phenoxy) is 1. The van der Waals surface area contributed by atoms with Gasteiger partial charge in [-0.3, -0.25) is 14.0 Å². The summed E-state index contributed by atoms with van der Waals surface area (Å²) < 4.78 is 31.3. The number of aryl methyl sites for hydroxylation is 1. The van der Waals surface area contributed by atoms with E-state index in [2.05, 4.69) is 10.2 Å². The van der Waals surface area contributed by atoms with Crippen molar-refractivity contribution in [2.24, 2.45) is 0 Å². The van der Waals surface area contributed by atoms with Crippen molar-refractivity contribution in [2.45, 2.75) is 26.3 Å². The van der Waals surface area contributed by atoms with E-state index in [0.717, 1.165) is 29.2 Å². The summed E-state index contributed by atoms with van der Waals surface area (Å²) in [6, 6.07) is 4.18. The molecule has 1 N–H and O–H groups in total. The van der Waals surface area contributed by atoms with Crippen LogP contribution in [0.15, 0.2) is 18.2 Å². The van der Waals surface area contributed by atoms with Crippen molar-refractivity contribution in [3.8, 4) is 0 Å². The molecule has 1 aromatic rings. The molecule has 1 aromatic carbocycles. The van der Waals surface area contributed by atoms with Crippen LogP contribution in [0.1, 0.15) is 18.9 Å².